The Balaban J connectivity index is 2.67. The van der Waals surface area contributed by atoms with Crippen LogP contribution in [-0.2, 0) is 12.0 Å². The van der Waals surface area contributed by atoms with Gasteiger partial charge < -0.3 is 15.0 Å². The molecule has 1 heterocycles. The van der Waals surface area contributed by atoms with Gasteiger partial charge in [0.1, 0.15) is 11.6 Å². The highest BCUT2D eigenvalue weighted by molar-refractivity contribution is 5.78. The van der Waals surface area contributed by atoms with E-state index >= 15 is 0 Å². The van der Waals surface area contributed by atoms with E-state index in [-0.39, 0.29) is 5.41 Å². The second-order valence-corrected chi connectivity index (χ2v) is 5.15. The summed E-state index contributed by atoms with van der Waals surface area (Å²) in [6.07, 6.45) is 0.976. The zero-order valence-corrected chi connectivity index (χ0v) is 12.2. The summed E-state index contributed by atoms with van der Waals surface area (Å²) < 4.78 is 7.52. The van der Waals surface area contributed by atoms with E-state index in [1.807, 2.05) is 12.1 Å². The van der Waals surface area contributed by atoms with Crippen LogP contribution in [0.5, 0.6) is 5.75 Å². The van der Waals surface area contributed by atoms with Crippen molar-refractivity contribution >= 4 is 11.0 Å². The van der Waals surface area contributed by atoms with Crippen molar-refractivity contribution in [3.8, 4) is 5.75 Å². The van der Waals surface area contributed by atoms with E-state index in [1.165, 1.54) is 0 Å². The maximum atomic E-state index is 5.97. The van der Waals surface area contributed by atoms with Gasteiger partial charge in [-0.15, -0.1) is 0 Å². The van der Waals surface area contributed by atoms with Gasteiger partial charge >= 0.3 is 0 Å². The normalized spacial score (nSPS) is 14.6. The molecule has 0 fully saturated rings. The number of methoxy groups -OCH3 is 1. The minimum atomic E-state index is -0.0811. The molecule has 2 aromatic rings. The van der Waals surface area contributed by atoms with Crippen molar-refractivity contribution in [3.05, 3.63) is 24.0 Å². The zero-order valence-electron chi connectivity index (χ0n) is 12.2. The number of aromatic nitrogens is 2. The van der Waals surface area contributed by atoms with Gasteiger partial charge in [0, 0.05) is 24.6 Å². The second-order valence-electron chi connectivity index (χ2n) is 5.15. The van der Waals surface area contributed by atoms with Gasteiger partial charge in [-0.3, -0.25) is 0 Å². The first-order valence-electron chi connectivity index (χ1n) is 6.84. The first kappa shape index (κ1) is 13.9. The van der Waals surface area contributed by atoms with Crippen LogP contribution in [0.25, 0.3) is 11.0 Å². The summed E-state index contributed by atoms with van der Waals surface area (Å²) in [5, 5.41) is 0. The number of hydrogen-bond acceptors (Lipinski definition) is 3. The number of imidazole rings is 1. The van der Waals surface area contributed by atoms with E-state index in [1.54, 1.807) is 7.11 Å². The van der Waals surface area contributed by atoms with Crippen LogP contribution in [0.2, 0.25) is 0 Å². The molecule has 0 spiro atoms. The van der Waals surface area contributed by atoms with Crippen LogP contribution in [0.1, 0.15) is 33.0 Å². The average molecular weight is 261 g/mol. The highest BCUT2D eigenvalue weighted by atomic mass is 16.5. The predicted octanol–water partition coefficient (Wildman–Crippen LogP) is 2.69. The third kappa shape index (κ3) is 2.21. The molecule has 1 aromatic heterocycles. The number of hydrogen-bond donors (Lipinski definition) is 1. The number of ether oxygens (including phenoxy) is 1. The largest absolute Gasteiger partial charge is 0.497 e. The summed E-state index contributed by atoms with van der Waals surface area (Å²) in [5.41, 5.74) is 8.01. The quantitative estimate of drug-likeness (QED) is 0.900. The van der Waals surface area contributed by atoms with E-state index in [0.29, 0.717) is 6.54 Å². The molecule has 0 saturated carbocycles. The van der Waals surface area contributed by atoms with Crippen LogP contribution < -0.4 is 10.5 Å². The van der Waals surface area contributed by atoms with E-state index in [2.05, 4.69) is 31.4 Å². The van der Waals surface area contributed by atoms with Gasteiger partial charge in [-0.25, -0.2) is 4.98 Å². The summed E-state index contributed by atoms with van der Waals surface area (Å²) >= 11 is 0. The lowest BCUT2D eigenvalue weighted by Crippen LogP contribution is -2.34. The van der Waals surface area contributed by atoms with Crippen molar-refractivity contribution < 1.29 is 4.74 Å². The highest BCUT2D eigenvalue weighted by Crippen LogP contribution is 2.30. The summed E-state index contributed by atoms with van der Waals surface area (Å²) in [6.45, 7) is 7.98. The van der Waals surface area contributed by atoms with E-state index < -0.39 is 0 Å². The van der Waals surface area contributed by atoms with Crippen LogP contribution in [0.15, 0.2) is 18.2 Å². The zero-order chi connectivity index (χ0) is 14.0. The Bertz CT molecular complexity index is 570. The maximum Gasteiger partial charge on any atom is 0.121 e. The molecular formula is C15H23N3O. The van der Waals surface area contributed by atoms with Gasteiger partial charge in [0.25, 0.3) is 0 Å². The van der Waals surface area contributed by atoms with Crippen LogP contribution in [0.3, 0.4) is 0 Å². The molecule has 104 valence electrons. The molecule has 19 heavy (non-hydrogen) atoms. The summed E-state index contributed by atoms with van der Waals surface area (Å²) in [5.74, 6) is 1.91. The molecule has 0 saturated heterocycles. The van der Waals surface area contributed by atoms with Gasteiger partial charge in [-0.1, -0.05) is 13.8 Å². The van der Waals surface area contributed by atoms with Gasteiger partial charge in [-0.2, -0.15) is 0 Å². The number of nitrogens with zero attached hydrogens (tertiary/aromatic N) is 2. The third-order valence-corrected chi connectivity index (χ3v) is 4.04. The molecular weight excluding hydrogens is 238 g/mol. The molecule has 0 aliphatic heterocycles. The molecule has 4 nitrogen and oxygen atoms in total. The molecule has 2 rings (SSSR count). The first-order valence-corrected chi connectivity index (χ1v) is 6.84. The third-order valence-electron chi connectivity index (χ3n) is 4.04. The number of fused-ring (bicyclic) bond motifs is 1. The Morgan fingerprint density at radius 1 is 1.37 bits per heavy atom. The highest BCUT2D eigenvalue weighted by Gasteiger charge is 2.29. The molecule has 1 atom stereocenters. The minimum Gasteiger partial charge on any atom is -0.497 e. The SMILES string of the molecule is CCn1c(C(C)(CC)CN)nc2cc(OC)ccc21. The van der Waals surface area contributed by atoms with Crippen LogP contribution in [0, 0.1) is 0 Å². The van der Waals surface area contributed by atoms with Crippen LogP contribution >= 0.6 is 0 Å². The van der Waals surface area contributed by atoms with Gasteiger partial charge in [0.05, 0.1) is 18.1 Å². The van der Waals surface area contributed by atoms with Crippen molar-refractivity contribution in [3.63, 3.8) is 0 Å². The molecule has 0 aliphatic carbocycles. The lowest BCUT2D eigenvalue weighted by molar-refractivity contribution is 0.415. The van der Waals surface area contributed by atoms with Crippen molar-refractivity contribution in [1.29, 1.82) is 0 Å². The molecule has 4 heteroatoms. The molecule has 2 N–H and O–H groups in total. The van der Waals surface area contributed by atoms with E-state index in [9.17, 15) is 0 Å². The first-order chi connectivity index (χ1) is 9.09. The molecule has 0 amide bonds. The Labute approximate surface area is 114 Å². The molecule has 0 radical (unpaired) electrons. The Hall–Kier alpha value is -1.55. The fourth-order valence-electron chi connectivity index (χ4n) is 2.41. The lowest BCUT2D eigenvalue weighted by Gasteiger charge is -2.26. The standard InChI is InChI=1S/C15H23N3O/c1-5-15(3,10-16)14-17-12-9-11(19-4)7-8-13(12)18(14)6-2/h7-9H,5-6,10,16H2,1-4H3. The van der Waals surface area contributed by atoms with Crippen LogP contribution in [-0.4, -0.2) is 23.2 Å². The van der Waals surface area contributed by atoms with Gasteiger partial charge in [0.15, 0.2) is 0 Å². The Morgan fingerprint density at radius 2 is 2.11 bits per heavy atom. The second kappa shape index (κ2) is 5.21. The fourth-order valence-corrected chi connectivity index (χ4v) is 2.41. The predicted molar refractivity (Wildman–Crippen MR) is 78.7 cm³/mol. The van der Waals surface area contributed by atoms with Crippen molar-refractivity contribution in [2.75, 3.05) is 13.7 Å². The monoisotopic (exact) mass is 261 g/mol. The average Bonchev–Trinajstić information content (AvgIpc) is 2.84. The van der Waals surface area contributed by atoms with Crippen molar-refractivity contribution in [1.82, 2.24) is 9.55 Å². The maximum absolute atomic E-state index is 5.97. The van der Waals surface area contributed by atoms with E-state index in [0.717, 1.165) is 35.6 Å². The number of benzene rings is 1. The summed E-state index contributed by atoms with van der Waals surface area (Å²) in [6, 6.07) is 6.03. The van der Waals surface area contributed by atoms with Crippen molar-refractivity contribution in [2.24, 2.45) is 5.73 Å². The molecule has 1 aromatic carbocycles. The molecule has 1 unspecified atom stereocenters. The lowest BCUT2D eigenvalue weighted by atomic mass is 9.86. The number of nitrogens with two attached hydrogens (primary N) is 1. The van der Waals surface area contributed by atoms with Crippen LogP contribution in [0.4, 0.5) is 0 Å². The molecule has 0 aliphatic rings. The minimum absolute atomic E-state index is 0.0811. The topological polar surface area (TPSA) is 53.1 Å². The van der Waals surface area contributed by atoms with E-state index in [4.69, 9.17) is 15.5 Å². The fraction of sp³-hybridized carbons (Fsp3) is 0.533. The summed E-state index contributed by atoms with van der Waals surface area (Å²) in [4.78, 5) is 4.81. The van der Waals surface area contributed by atoms with Crippen molar-refractivity contribution in [2.45, 2.75) is 39.2 Å². The van der Waals surface area contributed by atoms with Gasteiger partial charge in [-0.05, 0) is 25.5 Å². The Kier molecular flexibility index (Phi) is 3.80. The number of aryl methyl sites for hydroxylation is 1. The Morgan fingerprint density at radius 3 is 2.63 bits per heavy atom. The number of rotatable bonds is 5. The summed E-state index contributed by atoms with van der Waals surface area (Å²) in [7, 11) is 1.68. The smallest absolute Gasteiger partial charge is 0.121 e. The van der Waals surface area contributed by atoms with Gasteiger partial charge in [0.2, 0.25) is 0 Å². The molecule has 0 bridgehead atoms.